The molecule has 2 atom stereocenters. The number of hydrogen-bond acceptors (Lipinski definition) is 6. The average Bonchev–Trinajstić information content (AvgIpc) is 2.68. The van der Waals surface area contributed by atoms with Gasteiger partial charge in [0, 0.05) is 0 Å². The molecule has 2 N–H and O–H groups in total. The first kappa shape index (κ1) is 25.4. The molecular formula is C21H29ClN2O6. The number of amides is 2. The van der Waals surface area contributed by atoms with E-state index in [1.807, 2.05) is 13.8 Å². The second kappa shape index (κ2) is 12.2. The number of halogens is 1. The monoisotopic (exact) mass is 440 g/mol. The maximum Gasteiger partial charge on any atom is 0.329 e. The number of carbonyl (C=O) groups is 4. The van der Waals surface area contributed by atoms with E-state index in [1.54, 1.807) is 32.0 Å². The fourth-order valence-corrected chi connectivity index (χ4v) is 2.87. The topological polar surface area (TPSA) is 111 Å². The fourth-order valence-electron chi connectivity index (χ4n) is 2.65. The van der Waals surface area contributed by atoms with Crippen LogP contribution in [0.3, 0.4) is 0 Å². The number of carbonyl (C=O) groups excluding carboxylic acids is 4. The van der Waals surface area contributed by atoms with Crippen molar-refractivity contribution in [1.29, 1.82) is 0 Å². The molecule has 0 fully saturated rings. The zero-order valence-electron chi connectivity index (χ0n) is 17.9. The molecule has 0 spiro atoms. The summed E-state index contributed by atoms with van der Waals surface area (Å²) in [4.78, 5) is 48.8. The SMILES string of the molecule is COC(=O)C(CC(C)C)NC(=O)COC(=O)[C@@H](NC(=O)c1ccccc1Cl)C(C)C. The van der Waals surface area contributed by atoms with Gasteiger partial charge in [0.05, 0.1) is 17.7 Å². The molecule has 1 aromatic carbocycles. The Bertz CT molecular complexity index is 766. The van der Waals surface area contributed by atoms with Gasteiger partial charge in [-0.2, -0.15) is 0 Å². The lowest BCUT2D eigenvalue weighted by atomic mass is 10.0. The third kappa shape index (κ3) is 8.02. The summed E-state index contributed by atoms with van der Waals surface area (Å²) in [7, 11) is 1.23. The van der Waals surface area contributed by atoms with E-state index in [2.05, 4.69) is 15.4 Å². The second-order valence-corrected chi connectivity index (χ2v) is 7.96. The first-order valence-electron chi connectivity index (χ1n) is 9.66. The van der Waals surface area contributed by atoms with Crippen LogP contribution in [0.2, 0.25) is 5.02 Å². The zero-order valence-corrected chi connectivity index (χ0v) is 18.6. The lowest BCUT2D eigenvalue weighted by Crippen LogP contribution is -2.47. The predicted octanol–water partition coefficient (Wildman–Crippen LogP) is 2.34. The minimum Gasteiger partial charge on any atom is -0.467 e. The molecule has 0 aliphatic rings. The smallest absolute Gasteiger partial charge is 0.329 e. The van der Waals surface area contributed by atoms with E-state index in [9.17, 15) is 19.2 Å². The molecule has 9 heteroatoms. The van der Waals surface area contributed by atoms with Gasteiger partial charge >= 0.3 is 11.9 Å². The van der Waals surface area contributed by atoms with Gasteiger partial charge in [0.1, 0.15) is 12.1 Å². The van der Waals surface area contributed by atoms with E-state index in [4.69, 9.17) is 16.3 Å². The number of rotatable bonds is 10. The van der Waals surface area contributed by atoms with Gasteiger partial charge in [0.2, 0.25) is 0 Å². The highest BCUT2D eigenvalue weighted by molar-refractivity contribution is 6.33. The highest BCUT2D eigenvalue weighted by atomic mass is 35.5. The van der Waals surface area contributed by atoms with Crippen LogP contribution in [0.4, 0.5) is 0 Å². The van der Waals surface area contributed by atoms with Gasteiger partial charge in [0.25, 0.3) is 11.8 Å². The van der Waals surface area contributed by atoms with Gasteiger partial charge in [0.15, 0.2) is 6.61 Å². The van der Waals surface area contributed by atoms with E-state index < -0.39 is 42.4 Å². The molecule has 30 heavy (non-hydrogen) atoms. The molecule has 0 saturated carbocycles. The normalized spacial score (nSPS) is 12.8. The van der Waals surface area contributed by atoms with Gasteiger partial charge < -0.3 is 20.1 Å². The third-order valence-corrected chi connectivity index (χ3v) is 4.53. The van der Waals surface area contributed by atoms with Gasteiger partial charge in [-0.1, -0.05) is 51.4 Å². The largest absolute Gasteiger partial charge is 0.467 e. The molecule has 0 aliphatic heterocycles. The van der Waals surface area contributed by atoms with E-state index in [0.717, 1.165) is 0 Å². The van der Waals surface area contributed by atoms with Gasteiger partial charge in [-0.3, -0.25) is 9.59 Å². The van der Waals surface area contributed by atoms with Crippen LogP contribution in [-0.2, 0) is 23.9 Å². The molecule has 0 bridgehead atoms. The maximum atomic E-state index is 12.5. The van der Waals surface area contributed by atoms with Crippen molar-refractivity contribution in [2.75, 3.05) is 13.7 Å². The van der Waals surface area contributed by atoms with Crippen molar-refractivity contribution < 1.29 is 28.7 Å². The quantitative estimate of drug-likeness (QED) is 0.540. The summed E-state index contributed by atoms with van der Waals surface area (Å²) in [6, 6.07) is 4.64. The van der Waals surface area contributed by atoms with Crippen LogP contribution in [-0.4, -0.2) is 49.6 Å². The molecule has 1 unspecified atom stereocenters. The van der Waals surface area contributed by atoms with Gasteiger partial charge in [-0.15, -0.1) is 0 Å². The van der Waals surface area contributed by atoms with Crippen LogP contribution >= 0.6 is 11.6 Å². The van der Waals surface area contributed by atoms with Crippen LogP contribution < -0.4 is 10.6 Å². The first-order chi connectivity index (χ1) is 14.1. The van der Waals surface area contributed by atoms with Gasteiger partial charge in [-0.25, -0.2) is 9.59 Å². The Balaban J connectivity index is 2.70. The fraction of sp³-hybridized carbons (Fsp3) is 0.524. The number of methoxy groups -OCH3 is 1. The zero-order chi connectivity index (χ0) is 22.8. The Hall–Kier alpha value is -2.61. The summed E-state index contributed by atoms with van der Waals surface area (Å²) in [6.45, 7) is 6.67. The Morgan fingerprint density at radius 1 is 1.00 bits per heavy atom. The standard InChI is InChI=1S/C21H29ClN2O6/c1-12(2)10-16(20(27)29-5)23-17(25)11-30-21(28)18(13(3)4)24-19(26)14-8-6-7-9-15(14)22/h6-9,12-13,16,18H,10-11H2,1-5H3,(H,23,25)(H,24,26)/t16?,18-/m0/s1. The van der Waals surface area contributed by atoms with E-state index in [1.165, 1.54) is 13.2 Å². The molecule has 0 aromatic heterocycles. The number of benzene rings is 1. The number of esters is 2. The van der Waals surface area contributed by atoms with Gasteiger partial charge in [-0.05, 0) is 30.4 Å². The predicted molar refractivity (Wildman–Crippen MR) is 112 cm³/mol. The molecule has 2 amide bonds. The third-order valence-electron chi connectivity index (χ3n) is 4.20. The second-order valence-electron chi connectivity index (χ2n) is 7.56. The van der Waals surface area contributed by atoms with Crippen LogP contribution in [0.1, 0.15) is 44.5 Å². The summed E-state index contributed by atoms with van der Waals surface area (Å²) in [5, 5.41) is 5.34. The van der Waals surface area contributed by atoms with Crippen molar-refractivity contribution in [2.24, 2.45) is 11.8 Å². The lowest BCUT2D eigenvalue weighted by molar-refractivity contribution is -0.152. The molecule has 1 rings (SSSR count). The average molecular weight is 441 g/mol. The van der Waals surface area contributed by atoms with E-state index in [0.29, 0.717) is 6.42 Å². The Kier molecular flexibility index (Phi) is 10.3. The molecule has 1 aromatic rings. The van der Waals surface area contributed by atoms with Crippen molar-refractivity contribution in [2.45, 2.75) is 46.2 Å². The van der Waals surface area contributed by atoms with Crippen LogP contribution in [0, 0.1) is 11.8 Å². The van der Waals surface area contributed by atoms with Crippen molar-refractivity contribution in [3.05, 3.63) is 34.9 Å². The van der Waals surface area contributed by atoms with Crippen molar-refractivity contribution in [3.63, 3.8) is 0 Å². The molecule has 0 heterocycles. The van der Waals surface area contributed by atoms with Crippen molar-refractivity contribution in [3.8, 4) is 0 Å². The molecule has 0 radical (unpaired) electrons. The Labute approximate surface area is 181 Å². The molecule has 0 aliphatic carbocycles. The van der Waals surface area contributed by atoms with E-state index >= 15 is 0 Å². The Morgan fingerprint density at radius 3 is 2.17 bits per heavy atom. The molecule has 8 nitrogen and oxygen atoms in total. The summed E-state index contributed by atoms with van der Waals surface area (Å²) >= 11 is 6.02. The number of hydrogen-bond donors (Lipinski definition) is 2. The van der Waals surface area contributed by atoms with Crippen molar-refractivity contribution in [1.82, 2.24) is 10.6 Å². The van der Waals surface area contributed by atoms with Crippen LogP contribution in [0.25, 0.3) is 0 Å². The maximum absolute atomic E-state index is 12.5. The Morgan fingerprint density at radius 2 is 1.63 bits per heavy atom. The highest BCUT2D eigenvalue weighted by Crippen LogP contribution is 2.16. The first-order valence-corrected chi connectivity index (χ1v) is 10.0. The summed E-state index contributed by atoms with van der Waals surface area (Å²) < 4.78 is 9.75. The van der Waals surface area contributed by atoms with Crippen molar-refractivity contribution >= 4 is 35.4 Å². The summed E-state index contributed by atoms with van der Waals surface area (Å²) in [6.07, 6.45) is 0.384. The highest BCUT2D eigenvalue weighted by Gasteiger charge is 2.28. The minimum atomic E-state index is -0.978. The minimum absolute atomic E-state index is 0.141. The molecular weight excluding hydrogens is 412 g/mol. The molecule has 166 valence electrons. The van der Waals surface area contributed by atoms with Crippen LogP contribution in [0.15, 0.2) is 24.3 Å². The summed E-state index contributed by atoms with van der Waals surface area (Å²) in [5.74, 6) is -2.66. The number of nitrogens with one attached hydrogen (secondary N) is 2. The van der Waals surface area contributed by atoms with Crippen LogP contribution in [0.5, 0.6) is 0 Å². The number of ether oxygens (including phenoxy) is 2. The lowest BCUT2D eigenvalue weighted by Gasteiger charge is -2.22. The van der Waals surface area contributed by atoms with E-state index in [-0.39, 0.29) is 22.4 Å². The summed E-state index contributed by atoms with van der Waals surface area (Å²) in [5.41, 5.74) is 0.227. The molecule has 0 saturated heterocycles.